The van der Waals surface area contributed by atoms with E-state index in [0.717, 1.165) is 24.4 Å². The second-order valence-electron chi connectivity index (χ2n) is 5.77. The monoisotopic (exact) mass is 275 g/mol. The van der Waals surface area contributed by atoms with Crippen molar-refractivity contribution in [3.63, 3.8) is 0 Å². The summed E-state index contributed by atoms with van der Waals surface area (Å²) >= 11 is 0. The van der Waals surface area contributed by atoms with Gasteiger partial charge in [0.25, 0.3) is 5.91 Å². The fraction of sp³-hybridized carbons (Fsp3) is 0.562. The van der Waals surface area contributed by atoms with Crippen molar-refractivity contribution in [2.45, 2.75) is 45.6 Å². The van der Waals surface area contributed by atoms with Gasteiger partial charge in [-0.25, -0.2) is 0 Å². The van der Waals surface area contributed by atoms with E-state index in [2.05, 4.69) is 17.6 Å². The molecule has 1 fully saturated rings. The number of hydrogen-bond acceptors (Lipinski definition) is 3. The molecule has 2 rings (SSSR count). The summed E-state index contributed by atoms with van der Waals surface area (Å²) in [5.74, 6) is 0.774. The van der Waals surface area contributed by atoms with E-state index in [1.165, 1.54) is 12.8 Å². The third kappa shape index (κ3) is 3.65. The summed E-state index contributed by atoms with van der Waals surface area (Å²) in [5.41, 5.74) is 8.08. The molecule has 0 spiro atoms. The van der Waals surface area contributed by atoms with Crippen LogP contribution in [0.4, 0.5) is 11.4 Å². The molecule has 1 amide bonds. The zero-order chi connectivity index (χ0) is 14.5. The molecule has 4 N–H and O–H groups in total. The Kier molecular flexibility index (Phi) is 4.88. The fourth-order valence-corrected chi connectivity index (χ4v) is 2.76. The third-order valence-corrected chi connectivity index (χ3v) is 4.00. The van der Waals surface area contributed by atoms with Gasteiger partial charge in [0.05, 0.1) is 5.56 Å². The molecule has 0 heterocycles. The molecule has 0 atom stereocenters. The van der Waals surface area contributed by atoms with Crippen molar-refractivity contribution in [3.8, 4) is 0 Å². The molecular formula is C16H25N3O. The van der Waals surface area contributed by atoms with E-state index < -0.39 is 0 Å². The molecule has 110 valence electrons. The summed E-state index contributed by atoms with van der Waals surface area (Å²) in [4.78, 5) is 12.1. The van der Waals surface area contributed by atoms with Crippen LogP contribution in [0.1, 0.15) is 49.9 Å². The molecule has 1 aliphatic carbocycles. The first-order chi connectivity index (χ1) is 9.60. The van der Waals surface area contributed by atoms with Gasteiger partial charge in [0.1, 0.15) is 0 Å². The van der Waals surface area contributed by atoms with Crippen LogP contribution in [0.5, 0.6) is 0 Å². The van der Waals surface area contributed by atoms with Gasteiger partial charge in [-0.3, -0.25) is 4.79 Å². The molecular weight excluding hydrogens is 250 g/mol. The smallest absolute Gasteiger partial charge is 0.253 e. The van der Waals surface area contributed by atoms with Gasteiger partial charge >= 0.3 is 0 Å². The molecule has 0 unspecified atom stereocenters. The molecule has 4 nitrogen and oxygen atoms in total. The first-order valence-corrected chi connectivity index (χ1v) is 7.54. The van der Waals surface area contributed by atoms with Crippen LogP contribution in [0.3, 0.4) is 0 Å². The maximum atomic E-state index is 12.1. The van der Waals surface area contributed by atoms with Crippen molar-refractivity contribution in [3.05, 3.63) is 23.8 Å². The Morgan fingerprint density at radius 2 is 2.00 bits per heavy atom. The summed E-state index contributed by atoms with van der Waals surface area (Å²) in [5, 5.41) is 6.36. The van der Waals surface area contributed by atoms with E-state index in [0.29, 0.717) is 23.8 Å². The maximum Gasteiger partial charge on any atom is 0.253 e. The second kappa shape index (κ2) is 6.64. The Labute approximate surface area is 121 Å². The van der Waals surface area contributed by atoms with Crippen LogP contribution in [0, 0.1) is 5.92 Å². The molecule has 0 radical (unpaired) electrons. The highest BCUT2D eigenvalue weighted by molar-refractivity contribution is 6.00. The number of nitrogens with one attached hydrogen (secondary N) is 2. The summed E-state index contributed by atoms with van der Waals surface area (Å²) in [7, 11) is 0. The number of carbonyl (C=O) groups is 1. The van der Waals surface area contributed by atoms with Gasteiger partial charge in [-0.15, -0.1) is 0 Å². The van der Waals surface area contributed by atoms with Gasteiger partial charge in [0.15, 0.2) is 0 Å². The number of nitrogens with two attached hydrogens (primary N) is 1. The first kappa shape index (κ1) is 14.7. The highest BCUT2D eigenvalue weighted by Gasteiger charge is 2.20. The summed E-state index contributed by atoms with van der Waals surface area (Å²) in [6, 6.07) is 5.89. The molecule has 0 bridgehead atoms. The zero-order valence-electron chi connectivity index (χ0n) is 12.4. The lowest BCUT2D eigenvalue weighted by atomic mass is 9.87. The van der Waals surface area contributed by atoms with Gasteiger partial charge in [0, 0.05) is 24.0 Å². The fourth-order valence-electron chi connectivity index (χ4n) is 2.76. The van der Waals surface area contributed by atoms with Crippen molar-refractivity contribution in [1.29, 1.82) is 0 Å². The number of anilines is 2. The highest BCUT2D eigenvalue weighted by atomic mass is 16.1. The van der Waals surface area contributed by atoms with Crippen molar-refractivity contribution < 1.29 is 4.79 Å². The summed E-state index contributed by atoms with van der Waals surface area (Å²) in [6.45, 7) is 4.85. The molecule has 0 saturated heterocycles. The second-order valence-corrected chi connectivity index (χ2v) is 5.77. The predicted molar refractivity (Wildman–Crippen MR) is 83.9 cm³/mol. The molecule has 0 aromatic heterocycles. The largest absolute Gasteiger partial charge is 0.399 e. The van der Waals surface area contributed by atoms with Crippen molar-refractivity contribution >= 4 is 17.3 Å². The number of carbonyl (C=O) groups excluding carboxylic acids is 1. The minimum absolute atomic E-state index is 0.0424. The average molecular weight is 275 g/mol. The Morgan fingerprint density at radius 3 is 2.65 bits per heavy atom. The van der Waals surface area contributed by atoms with Crippen molar-refractivity contribution in [1.82, 2.24) is 5.32 Å². The minimum atomic E-state index is -0.0424. The number of amides is 1. The Hall–Kier alpha value is -1.71. The summed E-state index contributed by atoms with van der Waals surface area (Å²) < 4.78 is 0. The lowest BCUT2D eigenvalue weighted by Gasteiger charge is -2.28. The van der Waals surface area contributed by atoms with E-state index >= 15 is 0 Å². The van der Waals surface area contributed by atoms with Crippen LogP contribution in [-0.2, 0) is 0 Å². The van der Waals surface area contributed by atoms with E-state index in [-0.39, 0.29) is 5.91 Å². The number of nitrogen functional groups attached to an aromatic ring is 1. The number of rotatable bonds is 4. The Balaban J connectivity index is 2.12. The Bertz CT molecular complexity index is 465. The molecule has 1 aliphatic rings. The van der Waals surface area contributed by atoms with E-state index in [1.807, 2.05) is 13.0 Å². The number of benzene rings is 1. The lowest BCUT2D eigenvalue weighted by Crippen LogP contribution is -2.28. The molecule has 1 saturated carbocycles. The third-order valence-electron chi connectivity index (χ3n) is 4.00. The zero-order valence-corrected chi connectivity index (χ0v) is 12.4. The topological polar surface area (TPSA) is 67.2 Å². The van der Waals surface area contributed by atoms with Crippen LogP contribution < -0.4 is 16.4 Å². The standard InChI is InChI=1S/C16H25N3O/c1-3-18-16(20)14-9-6-12(17)10-15(14)19-13-7-4-11(2)5-8-13/h6,9-11,13,19H,3-5,7-8,17H2,1-2H3,(H,18,20). The Morgan fingerprint density at radius 1 is 1.30 bits per heavy atom. The van der Waals surface area contributed by atoms with Gasteiger partial charge in [-0.2, -0.15) is 0 Å². The minimum Gasteiger partial charge on any atom is -0.399 e. The quantitative estimate of drug-likeness (QED) is 0.740. The van der Waals surface area contributed by atoms with Crippen LogP contribution >= 0.6 is 0 Å². The van der Waals surface area contributed by atoms with Gasteiger partial charge < -0.3 is 16.4 Å². The highest BCUT2D eigenvalue weighted by Crippen LogP contribution is 2.28. The molecule has 1 aromatic rings. The van der Waals surface area contributed by atoms with E-state index in [9.17, 15) is 4.79 Å². The van der Waals surface area contributed by atoms with Crippen LogP contribution in [0.2, 0.25) is 0 Å². The number of hydrogen-bond donors (Lipinski definition) is 3. The van der Waals surface area contributed by atoms with Crippen molar-refractivity contribution in [2.75, 3.05) is 17.6 Å². The molecule has 4 heteroatoms. The van der Waals surface area contributed by atoms with Gasteiger partial charge in [-0.1, -0.05) is 6.92 Å². The maximum absolute atomic E-state index is 12.1. The van der Waals surface area contributed by atoms with Gasteiger partial charge in [-0.05, 0) is 56.7 Å². The predicted octanol–water partition coefficient (Wildman–Crippen LogP) is 3.01. The van der Waals surface area contributed by atoms with Crippen molar-refractivity contribution in [2.24, 2.45) is 5.92 Å². The van der Waals surface area contributed by atoms with Crippen LogP contribution in [0.25, 0.3) is 0 Å². The first-order valence-electron chi connectivity index (χ1n) is 7.54. The lowest BCUT2D eigenvalue weighted by molar-refractivity contribution is 0.0956. The van der Waals surface area contributed by atoms with Crippen LogP contribution in [0.15, 0.2) is 18.2 Å². The SMILES string of the molecule is CCNC(=O)c1ccc(N)cc1NC1CCC(C)CC1. The van der Waals surface area contributed by atoms with E-state index in [4.69, 9.17) is 5.73 Å². The van der Waals surface area contributed by atoms with Crippen LogP contribution in [-0.4, -0.2) is 18.5 Å². The average Bonchev–Trinajstić information content (AvgIpc) is 2.42. The summed E-state index contributed by atoms with van der Waals surface area (Å²) in [6.07, 6.45) is 4.81. The van der Waals surface area contributed by atoms with E-state index in [1.54, 1.807) is 12.1 Å². The molecule has 1 aromatic carbocycles. The van der Waals surface area contributed by atoms with Gasteiger partial charge in [0.2, 0.25) is 0 Å². The normalized spacial score (nSPS) is 22.3. The molecule has 0 aliphatic heterocycles. The molecule has 20 heavy (non-hydrogen) atoms.